The molecule has 122 valence electrons. The van der Waals surface area contributed by atoms with E-state index >= 15 is 0 Å². The fraction of sp³-hybridized carbons (Fsp3) is 0.316. The number of benzene rings is 1. The van der Waals surface area contributed by atoms with E-state index in [9.17, 15) is 4.79 Å². The molecule has 1 N–H and O–H groups in total. The number of thiazole rings is 1. The predicted molar refractivity (Wildman–Crippen MR) is 97.7 cm³/mol. The molecule has 24 heavy (non-hydrogen) atoms. The second-order valence-corrected chi connectivity index (χ2v) is 7.37. The van der Waals surface area contributed by atoms with Crippen LogP contribution >= 0.6 is 11.3 Å². The van der Waals surface area contributed by atoms with Crippen molar-refractivity contribution in [2.24, 2.45) is 0 Å². The van der Waals surface area contributed by atoms with Crippen LogP contribution in [0.15, 0.2) is 24.3 Å². The number of hydrogen-bond donors (Lipinski definition) is 1. The van der Waals surface area contributed by atoms with Crippen LogP contribution in [0.5, 0.6) is 0 Å². The SMILES string of the molecule is Cc1nc2ccccc2c(C)c1CC(=O)Nc1nc2c(s1)CCC2. The lowest BCUT2D eigenvalue weighted by molar-refractivity contribution is -0.115. The van der Waals surface area contributed by atoms with Gasteiger partial charge in [0, 0.05) is 16.0 Å². The zero-order valence-electron chi connectivity index (χ0n) is 13.8. The molecular formula is C19H19N3OS. The highest BCUT2D eigenvalue weighted by molar-refractivity contribution is 7.15. The van der Waals surface area contributed by atoms with Crippen LogP contribution in [0.3, 0.4) is 0 Å². The molecule has 1 aliphatic rings. The summed E-state index contributed by atoms with van der Waals surface area (Å²) in [5.41, 5.74) is 5.20. The third kappa shape index (κ3) is 2.69. The van der Waals surface area contributed by atoms with E-state index in [0.29, 0.717) is 6.42 Å². The van der Waals surface area contributed by atoms with Crippen molar-refractivity contribution in [2.45, 2.75) is 39.5 Å². The Labute approximate surface area is 145 Å². The molecule has 1 aliphatic carbocycles. The number of aryl methyl sites for hydroxylation is 4. The molecule has 0 radical (unpaired) electrons. The topological polar surface area (TPSA) is 54.9 Å². The molecule has 4 rings (SSSR count). The Bertz CT molecular complexity index is 924. The van der Waals surface area contributed by atoms with Gasteiger partial charge in [0.15, 0.2) is 5.13 Å². The van der Waals surface area contributed by atoms with Crippen LogP contribution in [0, 0.1) is 13.8 Å². The highest BCUT2D eigenvalue weighted by Crippen LogP contribution is 2.30. The highest BCUT2D eigenvalue weighted by atomic mass is 32.1. The van der Waals surface area contributed by atoms with Crippen molar-refractivity contribution in [2.75, 3.05) is 5.32 Å². The Kier molecular flexibility index (Phi) is 3.81. The van der Waals surface area contributed by atoms with Gasteiger partial charge >= 0.3 is 0 Å². The zero-order chi connectivity index (χ0) is 16.7. The molecule has 0 bridgehead atoms. The van der Waals surface area contributed by atoms with E-state index in [4.69, 9.17) is 0 Å². The van der Waals surface area contributed by atoms with E-state index in [-0.39, 0.29) is 5.91 Å². The van der Waals surface area contributed by atoms with Gasteiger partial charge in [-0.1, -0.05) is 18.2 Å². The van der Waals surface area contributed by atoms with Crippen molar-refractivity contribution in [3.63, 3.8) is 0 Å². The Morgan fingerprint density at radius 3 is 2.88 bits per heavy atom. The molecule has 1 amide bonds. The van der Waals surface area contributed by atoms with E-state index in [1.165, 1.54) is 11.3 Å². The Hall–Kier alpha value is -2.27. The van der Waals surface area contributed by atoms with Gasteiger partial charge < -0.3 is 5.32 Å². The molecule has 0 fully saturated rings. The van der Waals surface area contributed by atoms with Gasteiger partial charge in [0.1, 0.15) is 0 Å². The number of aromatic nitrogens is 2. The van der Waals surface area contributed by atoms with E-state index in [2.05, 4.69) is 28.3 Å². The molecule has 0 saturated carbocycles. The van der Waals surface area contributed by atoms with Gasteiger partial charge in [-0.3, -0.25) is 9.78 Å². The molecule has 2 aromatic heterocycles. The average molecular weight is 337 g/mol. The van der Waals surface area contributed by atoms with Crippen LogP contribution in [-0.2, 0) is 24.1 Å². The molecule has 0 spiro atoms. The van der Waals surface area contributed by atoms with E-state index in [1.54, 1.807) is 11.3 Å². The number of anilines is 1. The summed E-state index contributed by atoms with van der Waals surface area (Å²) in [5.74, 6) is -0.0225. The molecule has 1 aromatic carbocycles. The number of pyridine rings is 1. The minimum atomic E-state index is -0.0225. The fourth-order valence-corrected chi connectivity index (χ4v) is 4.46. The van der Waals surface area contributed by atoms with Gasteiger partial charge in [-0.05, 0) is 50.3 Å². The number of carbonyl (C=O) groups excluding carboxylic acids is 1. The van der Waals surface area contributed by atoms with E-state index < -0.39 is 0 Å². The van der Waals surface area contributed by atoms with Crippen molar-refractivity contribution >= 4 is 33.3 Å². The van der Waals surface area contributed by atoms with Crippen molar-refractivity contribution in [1.82, 2.24) is 9.97 Å². The zero-order valence-corrected chi connectivity index (χ0v) is 14.7. The standard InChI is InChI=1S/C19H19N3OS/c1-11-13-6-3-4-7-15(13)20-12(2)14(11)10-18(23)22-19-21-16-8-5-9-17(16)24-19/h3-4,6-7H,5,8-10H2,1-2H3,(H,21,22,23). The lowest BCUT2D eigenvalue weighted by Gasteiger charge is -2.12. The number of carbonyl (C=O) groups is 1. The van der Waals surface area contributed by atoms with Gasteiger partial charge in [0.05, 0.1) is 17.6 Å². The number of rotatable bonds is 3. The highest BCUT2D eigenvalue weighted by Gasteiger charge is 2.19. The first-order valence-electron chi connectivity index (χ1n) is 8.25. The molecule has 3 aromatic rings. The van der Waals surface area contributed by atoms with Gasteiger partial charge in [-0.25, -0.2) is 4.98 Å². The van der Waals surface area contributed by atoms with Crippen molar-refractivity contribution in [3.05, 3.63) is 51.7 Å². The van der Waals surface area contributed by atoms with Crippen molar-refractivity contribution in [3.8, 4) is 0 Å². The van der Waals surface area contributed by atoms with Crippen LogP contribution in [0.25, 0.3) is 10.9 Å². The number of para-hydroxylation sites is 1. The second kappa shape index (κ2) is 5.98. The quantitative estimate of drug-likeness (QED) is 0.786. The Morgan fingerprint density at radius 2 is 2.04 bits per heavy atom. The fourth-order valence-electron chi connectivity index (χ4n) is 3.40. The van der Waals surface area contributed by atoms with Gasteiger partial charge in [-0.2, -0.15) is 0 Å². The average Bonchev–Trinajstić information content (AvgIpc) is 3.12. The molecule has 0 unspecified atom stereocenters. The Balaban J connectivity index is 1.58. The molecule has 0 atom stereocenters. The first kappa shape index (κ1) is 15.3. The minimum absolute atomic E-state index is 0.0225. The summed E-state index contributed by atoms with van der Waals surface area (Å²) in [5, 5.41) is 4.80. The smallest absolute Gasteiger partial charge is 0.230 e. The maximum Gasteiger partial charge on any atom is 0.230 e. The molecule has 0 aliphatic heterocycles. The third-order valence-electron chi connectivity index (χ3n) is 4.66. The van der Waals surface area contributed by atoms with Crippen LogP contribution in [0.1, 0.15) is 33.8 Å². The maximum atomic E-state index is 12.5. The molecule has 2 heterocycles. The van der Waals surface area contributed by atoms with E-state index in [0.717, 1.165) is 51.4 Å². The third-order valence-corrected chi connectivity index (χ3v) is 5.74. The summed E-state index contributed by atoms with van der Waals surface area (Å²) in [6.07, 6.45) is 3.65. The van der Waals surface area contributed by atoms with Gasteiger partial charge in [-0.15, -0.1) is 11.3 Å². The van der Waals surface area contributed by atoms with Crippen LogP contribution < -0.4 is 5.32 Å². The van der Waals surface area contributed by atoms with Crippen LogP contribution in [0.2, 0.25) is 0 Å². The summed E-state index contributed by atoms with van der Waals surface area (Å²) in [7, 11) is 0. The predicted octanol–water partition coefficient (Wildman–Crippen LogP) is 3.98. The summed E-state index contributed by atoms with van der Waals surface area (Å²) in [6.45, 7) is 4.04. The minimum Gasteiger partial charge on any atom is -0.302 e. The lowest BCUT2D eigenvalue weighted by Crippen LogP contribution is -2.16. The number of nitrogens with one attached hydrogen (secondary N) is 1. The monoisotopic (exact) mass is 337 g/mol. The lowest BCUT2D eigenvalue weighted by atomic mass is 9.99. The second-order valence-electron chi connectivity index (χ2n) is 6.29. The number of fused-ring (bicyclic) bond motifs is 2. The summed E-state index contributed by atoms with van der Waals surface area (Å²) >= 11 is 1.61. The number of amides is 1. The summed E-state index contributed by atoms with van der Waals surface area (Å²) in [4.78, 5) is 23.0. The van der Waals surface area contributed by atoms with Gasteiger partial charge in [0.25, 0.3) is 0 Å². The van der Waals surface area contributed by atoms with Gasteiger partial charge in [0.2, 0.25) is 5.91 Å². The first-order valence-corrected chi connectivity index (χ1v) is 9.06. The van der Waals surface area contributed by atoms with Crippen LogP contribution in [-0.4, -0.2) is 15.9 Å². The Morgan fingerprint density at radius 1 is 1.21 bits per heavy atom. The normalized spacial score (nSPS) is 13.2. The number of nitrogens with zero attached hydrogens (tertiary/aromatic N) is 2. The summed E-state index contributed by atoms with van der Waals surface area (Å²) < 4.78 is 0. The number of hydrogen-bond acceptors (Lipinski definition) is 4. The molecule has 5 heteroatoms. The maximum absolute atomic E-state index is 12.5. The largest absolute Gasteiger partial charge is 0.302 e. The van der Waals surface area contributed by atoms with Crippen molar-refractivity contribution < 1.29 is 4.79 Å². The molecule has 0 saturated heterocycles. The molecule has 4 nitrogen and oxygen atoms in total. The molecular weight excluding hydrogens is 318 g/mol. The summed E-state index contributed by atoms with van der Waals surface area (Å²) in [6, 6.07) is 8.07. The van der Waals surface area contributed by atoms with Crippen molar-refractivity contribution in [1.29, 1.82) is 0 Å². The first-order chi connectivity index (χ1) is 11.6. The van der Waals surface area contributed by atoms with E-state index in [1.807, 2.05) is 25.1 Å². The van der Waals surface area contributed by atoms with Crippen LogP contribution in [0.4, 0.5) is 5.13 Å².